The molecule has 0 N–H and O–H groups in total. The van der Waals surface area contributed by atoms with Crippen molar-refractivity contribution < 1.29 is 31.1 Å². The summed E-state index contributed by atoms with van der Waals surface area (Å²) in [7, 11) is 1.40. The number of hydrogen-bond acceptors (Lipinski definition) is 4. The molecule has 1 fully saturated rings. The lowest BCUT2D eigenvalue weighted by Gasteiger charge is -2.40. The van der Waals surface area contributed by atoms with E-state index in [1.807, 2.05) is 35.2 Å². The Morgan fingerprint density at radius 3 is 2.18 bits per heavy atom. The van der Waals surface area contributed by atoms with E-state index in [9.17, 15) is 31.1 Å². The van der Waals surface area contributed by atoms with Gasteiger partial charge in [0.15, 0.2) is 0 Å². The minimum Gasteiger partial charge on any atom is -0.355 e. The summed E-state index contributed by atoms with van der Waals surface area (Å²) in [6.45, 7) is 0.556. The largest absolute Gasteiger partial charge is 0.416 e. The summed E-state index contributed by atoms with van der Waals surface area (Å²) < 4.78 is 79.7. The molecule has 5 nitrogen and oxygen atoms in total. The van der Waals surface area contributed by atoms with E-state index in [4.69, 9.17) is 0 Å². The number of nitrogens with zero attached hydrogens (tertiary/aromatic N) is 4. The fourth-order valence-corrected chi connectivity index (χ4v) is 4.69. The maximum atomic E-state index is 13.5. The number of carbonyl (C=O) groups excluding carboxylic acids is 1. The molecule has 1 aliphatic rings. The lowest BCUT2D eigenvalue weighted by molar-refractivity contribution is -0.143. The molecule has 2 heterocycles. The Hall–Kier alpha value is -3.34. The van der Waals surface area contributed by atoms with Crippen LogP contribution in [0.2, 0.25) is 0 Å². The molecule has 2 aromatic carbocycles. The van der Waals surface area contributed by atoms with E-state index in [1.54, 1.807) is 18.6 Å². The molecule has 1 aliphatic heterocycles. The number of halogens is 7. The molecule has 0 aliphatic carbocycles. The predicted octanol–water partition coefficient (Wildman–Crippen LogP) is 6.20. The minimum atomic E-state index is -4.95. The number of alkyl halides is 6. The quantitative estimate of drug-likeness (QED) is 0.350. The Morgan fingerprint density at radius 2 is 1.63 bits per heavy atom. The van der Waals surface area contributed by atoms with E-state index in [-0.39, 0.29) is 35.9 Å². The predicted molar refractivity (Wildman–Crippen MR) is 132 cm³/mol. The highest BCUT2D eigenvalue weighted by Gasteiger charge is 2.39. The molecule has 0 bridgehead atoms. The summed E-state index contributed by atoms with van der Waals surface area (Å²) in [4.78, 5) is 25.2. The van der Waals surface area contributed by atoms with Crippen molar-refractivity contribution in [3.05, 3.63) is 89.4 Å². The van der Waals surface area contributed by atoms with Crippen molar-refractivity contribution in [2.24, 2.45) is 5.92 Å². The molecule has 0 saturated carbocycles. The third-order valence-electron chi connectivity index (χ3n) is 6.47. The van der Waals surface area contributed by atoms with Gasteiger partial charge in [-0.3, -0.25) is 9.78 Å². The van der Waals surface area contributed by atoms with Gasteiger partial charge in [0.25, 0.3) is 0 Å². The Kier molecular flexibility index (Phi) is 8.91. The first-order valence-corrected chi connectivity index (χ1v) is 11.5. The Labute approximate surface area is 221 Å². The van der Waals surface area contributed by atoms with E-state index in [1.165, 1.54) is 11.9 Å². The Bertz CT molecular complexity index is 1190. The molecular formula is C26H25ClF6N4O. The van der Waals surface area contributed by atoms with Crippen molar-refractivity contribution in [1.29, 1.82) is 0 Å². The zero-order valence-corrected chi connectivity index (χ0v) is 21.0. The summed E-state index contributed by atoms with van der Waals surface area (Å²) in [6.07, 6.45) is -4.73. The highest BCUT2D eigenvalue weighted by molar-refractivity contribution is 5.85. The fraction of sp³-hybridized carbons (Fsp3) is 0.346. The lowest BCUT2D eigenvalue weighted by Crippen LogP contribution is -2.46. The second-order valence-electron chi connectivity index (χ2n) is 9.03. The minimum absolute atomic E-state index is 0. The third kappa shape index (κ3) is 6.75. The van der Waals surface area contributed by atoms with Crippen molar-refractivity contribution in [3.8, 4) is 0 Å². The van der Waals surface area contributed by atoms with Crippen LogP contribution in [0.5, 0.6) is 0 Å². The second kappa shape index (κ2) is 11.6. The molecule has 1 amide bonds. The van der Waals surface area contributed by atoms with Gasteiger partial charge in [0, 0.05) is 50.9 Å². The van der Waals surface area contributed by atoms with Gasteiger partial charge in [-0.25, -0.2) is 4.98 Å². The van der Waals surface area contributed by atoms with E-state index in [0.29, 0.717) is 37.5 Å². The van der Waals surface area contributed by atoms with Gasteiger partial charge in [0.2, 0.25) is 5.91 Å². The van der Waals surface area contributed by atoms with Crippen LogP contribution >= 0.6 is 12.4 Å². The van der Waals surface area contributed by atoms with Gasteiger partial charge in [-0.2, -0.15) is 26.3 Å². The molecule has 1 aromatic heterocycles. The Morgan fingerprint density at radius 1 is 1.00 bits per heavy atom. The Balaban J connectivity index is 0.00000400. The van der Waals surface area contributed by atoms with Gasteiger partial charge in [-0.1, -0.05) is 30.3 Å². The number of amides is 1. The summed E-state index contributed by atoms with van der Waals surface area (Å²) >= 11 is 0. The molecule has 38 heavy (non-hydrogen) atoms. The number of anilines is 1. The smallest absolute Gasteiger partial charge is 0.355 e. The SMILES string of the molecule is CN(Cc1cc(C(F)(F)F)cc(C(F)(F)F)c1)C(=O)C1CCN(c2cnccn2)CC1c1ccccc1.Cl. The van der Waals surface area contributed by atoms with Crippen LogP contribution in [0.15, 0.2) is 67.1 Å². The van der Waals surface area contributed by atoms with Gasteiger partial charge in [-0.15, -0.1) is 12.4 Å². The van der Waals surface area contributed by atoms with Crippen molar-refractivity contribution in [1.82, 2.24) is 14.9 Å². The summed E-state index contributed by atoms with van der Waals surface area (Å²) in [5.74, 6) is -0.475. The molecule has 204 valence electrons. The van der Waals surface area contributed by atoms with Crippen molar-refractivity contribution in [2.75, 3.05) is 25.0 Å². The van der Waals surface area contributed by atoms with Crippen molar-refractivity contribution in [2.45, 2.75) is 31.2 Å². The average Bonchev–Trinajstić information content (AvgIpc) is 2.87. The molecule has 3 aromatic rings. The zero-order valence-electron chi connectivity index (χ0n) is 20.2. The van der Waals surface area contributed by atoms with E-state index in [0.717, 1.165) is 5.56 Å². The topological polar surface area (TPSA) is 49.3 Å². The molecule has 0 spiro atoms. The first kappa shape index (κ1) is 29.2. The van der Waals surface area contributed by atoms with E-state index >= 15 is 0 Å². The van der Waals surface area contributed by atoms with Crippen LogP contribution in [0.25, 0.3) is 0 Å². The van der Waals surface area contributed by atoms with Gasteiger partial charge in [-0.05, 0) is 35.7 Å². The summed E-state index contributed by atoms with van der Waals surface area (Å²) in [5.41, 5.74) is -2.15. The fourth-order valence-electron chi connectivity index (χ4n) is 4.69. The van der Waals surface area contributed by atoms with Gasteiger partial charge in [0.1, 0.15) is 5.82 Å². The van der Waals surface area contributed by atoms with Gasteiger partial charge >= 0.3 is 12.4 Å². The molecule has 2 unspecified atom stereocenters. The van der Waals surface area contributed by atoms with Gasteiger partial charge in [0.05, 0.1) is 17.3 Å². The van der Waals surface area contributed by atoms with Crippen molar-refractivity contribution >= 4 is 24.1 Å². The van der Waals surface area contributed by atoms with E-state index < -0.39 is 35.9 Å². The van der Waals surface area contributed by atoms with Crippen LogP contribution in [0.1, 0.15) is 34.6 Å². The van der Waals surface area contributed by atoms with Crippen LogP contribution in [0.4, 0.5) is 32.2 Å². The number of benzene rings is 2. The summed E-state index contributed by atoms with van der Waals surface area (Å²) in [5, 5.41) is 0. The maximum absolute atomic E-state index is 13.5. The van der Waals surface area contributed by atoms with E-state index in [2.05, 4.69) is 9.97 Å². The van der Waals surface area contributed by atoms with Crippen LogP contribution in [0.3, 0.4) is 0 Å². The third-order valence-corrected chi connectivity index (χ3v) is 6.47. The number of rotatable bonds is 5. The molecule has 2 atom stereocenters. The monoisotopic (exact) mass is 558 g/mol. The normalized spacial score (nSPS) is 18.0. The molecule has 0 radical (unpaired) electrons. The second-order valence-corrected chi connectivity index (χ2v) is 9.03. The van der Waals surface area contributed by atoms with Crippen LogP contribution in [-0.4, -0.2) is 40.9 Å². The molecule has 4 rings (SSSR count). The highest BCUT2D eigenvalue weighted by atomic mass is 35.5. The highest BCUT2D eigenvalue weighted by Crippen LogP contribution is 2.38. The first-order chi connectivity index (χ1) is 17.4. The standard InChI is InChI=1S/C26H24F6N4O.ClH/c1-35(15-17-11-19(25(27,28)29)13-20(12-17)26(30,31)32)24(37)21-7-10-36(23-14-33-8-9-34-23)16-22(21)18-5-3-2-4-6-18;/h2-6,8-9,11-14,21-22H,7,10,15-16H2,1H3;1H. The van der Waals surface area contributed by atoms with Gasteiger partial charge < -0.3 is 9.80 Å². The molecule has 12 heteroatoms. The maximum Gasteiger partial charge on any atom is 0.416 e. The van der Waals surface area contributed by atoms with Crippen LogP contribution in [-0.2, 0) is 23.7 Å². The number of hydrogen-bond donors (Lipinski definition) is 0. The molecule has 1 saturated heterocycles. The lowest BCUT2D eigenvalue weighted by atomic mass is 9.79. The van der Waals surface area contributed by atoms with Crippen LogP contribution in [0, 0.1) is 5.92 Å². The summed E-state index contributed by atoms with van der Waals surface area (Å²) in [6, 6.07) is 10.7. The number of piperidine rings is 1. The van der Waals surface area contributed by atoms with Crippen LogP contribution < -0.4 is 4.90 Å². The van der Waals surface area contributed by atoms with Crippen molar-refractivity contribution in [3.63, 3.8) is 0 Å². The zero-order chi connectivity index (χ0) is 26.8. The number of carbonyl (C=O) groups is 1. The number of aromatic nitrogens is 2. The first-order valence-electron chi connectivity index (χ1n) is 11.5. The molecular weight excluding hydrogens is 534 g/mol. The average molecular weight is 559 g/mol.